The van der Waals surface area contributed by atoms with E-state index in [1.807, 2.05) is 0 Å². The number of carbonyl (C=O) groups is 1. The van der Waals surface area contributed by atoms with Crippen molar-refractivity contribution < 1.29 is 14.3 Å². The Morgan fingerprint density at radius 3 is 2.56 bits per heavy atom. The van der Waals surface area contributed by atoms with Crippen molar-refractivity contribution in [1.29, 1.82) is 0 Å². The van der Waals surface area contributed by atoms with E-state index in [9.17, 15) is 4.79 Å². The summed E-state index contributed by atoms with van der Waals surface area (Å²) in [6.07, 6.45) is 8.86. The van der Waals surface area contributed by atoms with Crippen LogP contribution in [-0.4, -0.2) is 49.8 Å². The third kappa shape index (κ3) is 3.95. The molecule has 4 nitrogen and oxygen atoms in total. The van der Waals surface area contributed by atoms with Crippen LogP contribution in [0.3, 0.4) is 0 Å². The second-order valence-electron chi connectivity index (χ2n) is 5.43. The van der Waals surface area contributed by atoms with Gasteiger partial charge in [-0.2, -0.15) is 0 Å². The van der Waals surface area contributed by atoms with Crippen LogP contribution in [0.15, 0.2) is 0 Å². The Labute approximate surface area is 110 Å². The summed E-state index contributed by atoms with van der Waals surface area (Å²) < 4.78 is 10.6. The first-order chi connectivity index (χ1) is 8.79. The quantitative estimate of drug-likeness (QED) is 0.704. The van der Waals surface area contributed by atoms with Crippen molar-refractivity contribution in [3.05, 3.63) is 0 Å². The molecule has 1 saturated carbocycles. The molecule has 1 aliphatic heterocycles. The van der Waals surface area contributed by atoms with Gasteiger partial charge in [0.2, 0.25) is 0 Å². The first-order valence-electron chi connectivity index (χ1n) is 7.22. The van der Waals surface area contributed by atoms with Crippen LogP contribution in [-0.2, 0) is 14.3 Å². The summed E-state index contributed by atoms with van der Waals surface area (Å²) in [5.41, 5.74) is 0. The fourth-order valence-electron chi connectivity index (χ4n) is 3.06. The summed E-state index contributed by atoms with van der Waals surface area (Å²) >= 11 is 0. The highest BCUT2D eigenvalue weighted by Crippen LogP contribution is 2.25. The Bertz CT molecular complexity index is 258. The van der Waals surface area contributed by atoms with Crippen LogP contribution in [0.2, 0.25) is 0 Å². The second kappa shape index (κ2) is 7.10. The molecule has 1 saturated heterocycles. The maximum atomic E-state index is 11.5. The van der Waals surface area contributed by atoms with Gasteiger partial charge in [0.05, 0.1) is 19.8 Å². The fourth-order valence-corrected chi connectivity index (χ4v) is 3.06. The first kappa shape index (κ1) is 13.8. The Morgan fingerprint density at radius 2 is 1.94 bits per heavy atom. The normalized spacial score (nSPS) is 25.6. The van der Waals surface area contributed by atoms with Gasteiger partial charge < -0.3 is 9.47 Å². The van der Waals surface area contributed by atoms with Gasteiger partial charge in [-0.25, -0.2) is 0 Å². The largest absolute Gasteiger partial charge is 0.468 e. The molecule has 0 N–H and O–H groups in total. The SMILES string of the molecule is COC(=O)CN(C[C@H]1CCCCO1)C1CCCC1. The molecule has 2 fully saturated rings. The molecule has 0 aromatic carbocycles. The molecule has 0 aromatic heterocycles. The summed E-state index contributed by atoms with van der Waals surface area (Å²) in [5, 5.41) is 0. The number of esters is 1. The van der Waals surface area contributed by atoms with Gasteiger partial charge in [0.15, 0.2) is 0 Å². The van der Waals surface area contributed by atoms with Crippen molar-refractivity contribution in [2.75, 3.05) is 26.8 Å². The van der Waals surface area contributed by atoms with E-state index in [1.165, 1.54) is 45.6 Å². The highest BCUT2D eigenvalue weighted by Gasteiger charge is 2.27. The molecule has 104 valence electrons. The van der Waals surface area contributed by atoms with E-state index in [0.717, 1.165) is 19.6 Å². The minimum atomic E-state index is -0.127. The zero-order valence-electron chi connectivity index (χ0n) is 11.4. The summed E-state index contributed by atoms with van der Waals surface area (Å²) in [7, 11) is 1.46. The predicted octanol–water partition coefficient (Wildman–Crippen LogP) is 1.97. The van der Waals surface area contributed by atoms with E-state index in [0.29, 0.717) is 18.7 Å². The van der Waals surface area contributed by atoms with E-state index < -0.39 is 0 Å². The van der Waals surface area contributed by atoms with Crippen LogP contribution in [0.4, 0.5) is 0 Å². The van der Waals surface area contributed by atoms with Gasteiger partial charge in [-0.1, -0.05) is 12.8 Å². The van der Waals surface area contributed by atoms with Gasteiger partial charge >= 0.3 is 5.97 Å². The van der Waals surface area contributed by atoms with Crippen LogP contribution in [0.1, 0.15) is 44.9 Å². The molecule has 18 heavy (non-hydrogen) atoms. The maximum absolute atomic E-state index is 11.5. The number of methoxy groups -OCH3 is 1. The first-order valence-corrected chi connectivity index (χ1v) is 7.22. The zero-order valence-corrected chi connectivity index (χ0v) is 11.4. The number of ether oxygens (including phenoxy) is 2. The highest BCUT2D eigenvalue weighted by atomic mass is 16.5. The minimum absolute atomic E-state index is 0.127. The lowest BCUT2D eigenvalue weighted by Gasteiger charge is -2.33. The molecular formula is C14H25NO3. The molecule has 1 heterocycles. The monoisotopic (exact) mass is 255 g/mol. The van der Waals surface area contributed by atoms with Crippen LogP contribution in [0.25, 0.3) is 0 Å². The maximum Gasteiger partial charge on any atom is 0.319 e. The topological polar surface area (TPSA) is 38.8 Å². The van der Waals surface area contributed by atoms with Crippen molar-refractivity contribution in [1.82, 2.24) is 4.90 Å². The summed E-state index contributed by atoms with van der Waals surface area (Å²) in [4.78, 5) is 13.8. The van der Waals surface area contributed by atoms with E-state index in [2.05, 4.69) is 4.90 Å². The average Bonchev–Trinajstić information content (AvgIpc) is 2.93. The smallest absolute Gasteiger partial charge is 0.319 e. The van der Waals surface area contributed by atoms with Crippen LogP contribution >= 0.6 is 0 Å². The standard InChI is InChI=1S/C14H25NO3/c1-17-14(16)11-15(12-6-2-3-7-12)10-13-8-4-5-9-18-13/h12-13H,2-11H2,1H3/t13-/m1/s1. The molecule has 2 aliphatic rings. The van der Waals surface area contributed by atoms with Gasteiger partial charge in [-0.05, 0) is 32.1 Å². The summed E-state index contributed by atoms with van der Waals surface area (Å²) in [6, 6.07) is 0.551. The van der Waals surface area contributed by atoms with Gasteiger partial charge in [-0.15, -0.1) is 0 Å². The molecule has 0 unspecified atom stereocenters. The predicted molar refractivity (Wildman–Crippen MR) is 69.4 cm³/mol. The van der Waals surface area contributed by atoms with Gasteiger partial charge in [0.1, 0.15) is 0 Å². The molecule has 0 amide bonds. The molecule has 4 heteroatoms. The Kier molecular flexibility index (Phi) is 5.45. The van der Waals surface area contributed by atoms with Crippen molar-refractivity contribution in [2.45, 2.75) is 57.1 Å². The third-order valence-corrected chi connectivity index (χ3v) is 4.11. The van der Waals surface area contributed by atoms with Crippen molar-refractivity contribution >= 4 is 5.97 Å². The number of rotatable bonds is 5. The average molecular weight is 255 g/mol. The Morgan fingerprint density at radius 1 is 1.22 bits per heavy atom. The van der Waals surface area contributed by atoms with Gasteiger partial charge in [-0.3, -0.25) is 9.69 Å². The molecule has 0 bridgehead atoms. The number of hydrogen-bond acceptors (Lipinski definition) is 4. The molecule has 2 rings (SSSR count). The van der Waals surface area contributed by atoms with Crippen LogP contribution in [0.5, 0.6) is 0 Å². The molecule has 0 aromatic rings. The van der Waals surface area contributed by atoms with E-state index in [-0.39, 0.29) is 5.97 Å². The minimum Gasteiger partial charge on any atom is -0.468 e. The molecule has 1 aliphatic carbocycles. The summed E-state index contributed by atoms with van der Waals surface area (Å²) in [5.74, 6) is -0.127. The van der Waals surface area contributed by atoms with Crippen molar-refractivity contribution in [3.8, 4) is 0 Å². The van der Waals surface area contributed by atoms with E-state index in [4.69, 9.17) is 9.47 Å². The lowest BCUT2D eigenvalue weighted by molar-refractivity contribution is -0.143. The van der Waals surface area contributed by atoms with E-state index >= 15 is 0 Å². The van der Waals surface area contributed by atoms with Crippen molar-refractivity contribution in [3.63, 3.8) is 0 Å². The fraction of sp³-hybridized carbons (Fsp3) is 0.929. The van der Waals surface area contributed by atoms with E-state index in [1.54, 1.807) is 0 Å². The van der Waals surface area contributed by atoms with Crippen molar-refractivity contribution in [2.24, 2.45) is 0 Å². The highest BCUT2D eigenvalue weighted by molar-refractivity contribution is 5.71. The number of hydrogen-bond donors (Lipinski definition) is 0. The molecule has 0 spiro atoms. The number of carbonyl (C=O) groups excluding carboxylic acids is 1. The summed E-state index contributed by atoms with van der Waals surface area (Å²) in [6.45, 7) is 2.18. The lowest BCUT2D eigenvalue weighted by atomic mass is 10.1. The third-order valence-electron chi connectivity index (χ3n) is 4.11. The Balaban J connectivity index is 1.87. The number of nitrogens with zero attached hydrogens (tertiary/aromatic N) is 1. The van der Waals surface area contributed by atoms with Crippen LogP contribution < -0.4 is 0 Å². The Hall–Kier alpha value is -0.610. The molecule has 1 atom stereocenters. The molecular weight excluding hydrogens is 230 g/mol. The lowest BCUT2D eigenvalue weighted by Crippen LogP contribution is -2.44. The van der Waals surface area contributed by atoms with Gasteiger partial charge in [0.25, 0.3) is 0 Å². The molecule has 0 radical (unpaired) electrons. The van der Waals surface area contributed by atoms with Crippen LogP contribution in [0, 0.1) is 0 Å². The zero-order chi connectivity index (χ0) is 12.8. The second-order valence-corrected chi connectivity index (χ2v) is 5.43. The van der Waals surface area contributed by atoms with Gasteiger partial charge in [0, 0.05) is 19.2 Å².